The first-order valence-electron chi connectivity index (χ1n) is 11.6. The smallest absolute Gasteiger partial charge is 0.339 e. The SMILES string of the molecule is C[C@]12CC[C@@H](OC(=O)c3cccnc3)C[C@@H]1CC[C@@H]1[C@@H]2CC[C@]2(C)C(=O)CC[C@@H]12. The minimum absolute atomic E-state index is 0.0271. The van der Waals surface area contributed by atoms with Gasteiger partial charge in [-0.1, -0.05) is 13.8 Å². The van der Waals surface area contributed by atoms with Gasteiger partial charge in [0.25, 0.3) is 0 Å². The lowest BCUT2D eigenvalue weighted by atomic mass is 9.45. The molecule has 5 rings (SSSR count). The maximum Gasteiger partial charge on any atom is 0.339 e. The van der Waals surface area contributed by atoms with Crippen LogP contribution in [0.3, 0.4) is 0 Å². The van der Waals surface area contributed by atoms with Gasteiger partial charge in [0.05, 0.1) is 5.56 Å². The normalized spacial score (nSPS) is 43.8. The van der Waals surface area contributed by atoms with Crippen molar-refractivity contribution in [1.29, 1.82) is 0 Å². The zero-order valence-electron chi connectivity index (χ0n) is 17.7. The minimum Gasteiger partial charge on any atom is -0.459 e. The molecule has 4 heteroatoms. The van der Waals surface area contributed by atoms with Gasteiger partial charge in [-0.15, -0.1) is 0 Å². The van der Waals surface area contributed by atoms with Crippen molar-refractivity contribution in [1.82, 2.24) is 4.98 Å². The van der Waals surface area contributed by atoms with E-state index in [1.807, 2.05) is 0 Å². The van der Waals surface area contributed by atoms with E-state index in [2.05, 4.69) is 18.8 Å². The molecule has 7 atom stereocenters. The Morgan fingerprint density at radius 1 is 1.10 bits per heavy atom. The second-order valence-electron chi connectivity index (χ2n) is 10.6. The zero-order chi connectivity index (χ0) is 20.2. The molecule has 1 aromatic rings. The molecule has 156 valence electrons. The third-order valence-corrected chi connectivity index (χ3v) is 9.50. The summed E-state index contributed by atoms with van der Waals surface area (Å²) in [6, 6.07) is 3.55. The van der Waals surface area contributed by atoms with E-state index < -0.39 is 0 Å². The van der Waals surface area contributed by atoms with Gasteiger partial charge in [0.2, 0.25) is 0 Å². The quantitative estimate of drug-likeness (QED) is 0.644. The van der Waals surface area contributed by atoms with Crippen molar-refractivity contribution in [3.63, 3.8) is 0 Å². The fourth-order valence-electron chi connectivity index (χ4n) is 7.80. The van der Waals surface area contributed by atoms with Gasteiger partial charge in [-0.3, -0.25) is 9.78 Å². The lowest BCUT2D eigenvalue weighted by Crippen LogP contribution is -2.54. The van der Waals surface area contributed by atoms with Crippen molar-refractivity contribution in [2.75, 3.05) is 0 Å². The molecule has 29 heavy (non-hydrogen) atoms. The van der Waals surface area contributed by atoms with E-state index in [9.17, 15) is 9.59 Å². The number of carbonyl (C=O) groups is 2. The van der Waals surface area contributed by atoms with Gasteiger partial charge >= 0.3 is 5.97 Å². The van der Waals surface area contributed by atoms with E-state index in [0.717, 1.165) is 50.4 Å². The summed E-state index contributed by atoms with van der Waals surface area (Å²) in [6.07, 6.45) is 13.1. The summed E-state index contributed by atoms with van der Waals surface area (Å²) < 4.78 is 5.88. The number of hydrogen-bond donors (Lipinski definition) is 0. The third-order valence-electron chi connectivity index (χ3n) is 9.50. The number of aromatic nitrogens is 1. The predicted octanol–water partition coefficient (Wildman–Crippen LogP) is 5.22. The van der Waals surface area contributed by atoms with Crippen molar-refractivity contribution in [2.24, 2.45) is 34.5 Å². The minimum atomic E-state index is -0.238. The Balaban J connectivity index is 1.29. The van der Waals surface area contributed by atoms with Gasteiger partial charge < -0.3 is 4.74 Å². The van der Waals surface area contributed by atoms with Crippen molar-refractivity contribution in [2.45, 2.75) is 77.7 Å². The molecule has 0 amide bonds. The summed E-state index contributed by atoms with van der Waals surface area (Å²) in [5.41, 5.74) is 0.843. The molecule has 4 aliphatic carbocycles. The Morgan fingerprint density at radius 2 is 1.97 bits per heavy atom. The first-order chi connectivity index (χ1) is 13.9. The zero-order valence-corrected chi connectivity index (χ0v) is 17.7. The van der Waals surface area contributed by atoms with E-state index in [1.54, 1.807) is 24.5 Å². The van der Waals surface area contributed by atoms with Crippen LogP contribution >= 0.6 is 0 Å². The molecule has 0 spiro atoms. The van der Waals surface area contributed by atoms with Crippen LogP contribution in [0.1, 0.15) is 82.0 Å². The summed E-state index contributed by atoms with van der Waals surface area (Å²) in [6.45, 7) is 4.76. The molecule has 0 bridgehead atoms. The van der Waals surface area contributed by atoms with Crippen LogP contribution in [0.25, 0.3) is 0 Å². The number of fused-ring (bicyclic) bond motifs is 5. The standard InChI is InChI=1S/C25H33NO3/c1-24-11-9-18(29-23(28)16-4-3-13-26-15-16)14-17(24)5-6-19-20-7-8-22(27)25(20,2)12-10-21(19)24/h3-4,13,15,17-21H,5-12,14H2,1-2H3/t17-,18+,19-,20-,21-,24-,25-/m0/s1. The number of esters is 1. The highest BCUT2D eigenvalue weighted by Gasteiger charge is 2.60. The van der Waals surface area contributed by atoms with Crippen LogP contribution in [-0.2, 0) is 9.53 Å². The van der Waals surface area contributed by atoms with Crippen LogP contribution < -0.4 is 0 Å². The molecule has 0 aliphatic heterocycles. The molecule has 0 radical (unpaired) electrons. The molecular formula is C25H33NO3. The Bertz CT molecular complexity index is 808. The Hall–Kier alpha value is -1.71. The molecule has 0 saturated heterocycles. The second kappa shape index (κ2) is 6.92. The van der Waals surface area contributed by atoms with Crippen LogP contribution in [0, 0.1) is 34.5 Å². The molecule has 0 unspecified atom stereocenters. The van der Waals surface area contributed by atoms with Crippen molar-refractivity contribution in [3.05, 3.63) is 30.1 Å². The maximum absolute atomic E-state index is 12.6. The van der Waals surface area contributed by atoms with Crippen molar-refractivity contribution >= 4 is 11.8 Å². The van der Waals surface area contributed by atoms with Crippen molar-refractivity contribution in [3.8, 4) is 0 Å². The lowest BCUT2D eigenvalue weighted by Gasteiger charge is -2.60. The molecule has 4 saturated carbocycles. The van der Waals surface area contributed by atoms with E-state index >= 15 is 0 Å². The summed E-state index contributed by atoms with van der Waals surface area (Å²) in [5, 5.41) is 0. The number of hydrogen-bond acceptors (Lipinski definition) is 4. The van der Waals surface area contributed by atoms with Crippen LogP contribution in [0.4, 0.5) is 0 Å². The number of nitrogens with zero attached hydrogens (tertiary/aromatic N) is 1. The monoisotopic (exact) mass is 395 g/mol. The number of pyridine rings is 1. The topological polar surface area (TPSA) is 56.3 Å². The molecule has 4 nitrogen and oxygen atoms in total. The lowest BCUT2D eigenvalue weighted by molar-refractivity contribution is -0.142. The van der Waals surface area contributed by atoms with E-state index in [-0.39, 0.29) is 17.5 Å². The fourth-order valence-corrected chi connectivity index (χ4v) is 7.80. The highest BCUT2D eigenvalue weighted by atomic mass is 16.5. The first kappa shape index (κ1) is 19.3. The van der Waals surface area contributed by atoms with Crippen LogP contribution in [0.2, 0.25) is 0 Å². The number of ketones is 1. The Kier molecular flexibility index (Phi) is 4.60. The Labute approximate surface area is 173 Å². The molecule has 0 aromatic carbocycles. The van der Waals surface area contributed by atoms with E-state index in [4.69, 9.17) is 4.74 Å². The molecule has 0 N–H and O–H groups in total. The van der Waals surface area contributed by atoms with E-state index in [0.29, 0.717) is 28.6 Å². The summed E-state index contributed by atoms with van der Waals surface area (Å²) >= 11 is 0. The third kappa shape index (κ3) is 2.97. The number of ether oxygens (including phenoxy) is 1. The maximum atomic E-state index is 12.6. The van der Waals surface area contributed by atoms with Gasteiger partial charge in [-0.05, 0) is 92.6 Å². The molecule has 1 heterocycles. The molecule has 4 fully saturated rings. The summed E-state index contributed by atoms with van der Waals surface area (Å²) in [7, 11) is 0. The largest absolute Gasteiger partial charge is 0.459 e. The number of carbonyl (C=O) groups excluding carboxylic acids is 2. The Morgan fingerprint density at radius 3 is 2.76 bits per heavy atom. The van der Waals surface area contributed by atoms with Gasteiger partial charge in [0, 0.05) is 24.2 Å². The summed E-state index contributed by atoms with van der Waals surface area (Å²) in [4.78, 5) is 29.1. The summed E-state index contributed by atoms with van der Waals surface area (Å²) in [5.74, 6) is 2.98. The second-order valence-corrected chi connectivity index (χ2v) is 10.6. The van der Waals surface area contributed by atoms with Crippen molar-refractivity contribution < 1.29 is 14.3 Å². The van der Waals surface area contributed by atoms with Gasteiger partial charge in [-0.25, -0.2) is 4.79 Å². The number of rotatable bonds is 2. The highest BCUT2D eigenvalue weighted by molar-refractivity contribution is 5.89. The highest BCUT2D eigenvalue weighted by Crippen LogP contribution is 2.65. The predicted molar refractivity (Wildman–Crippen MR) is 110 cm³/mol. The number of Topliss-reactive ketones (excluding diaryl/α,β-unsaturated/α-hetero) is 1. The molecular weight excluding hydrogens is 362 g/mol. The van der Waals surface area contributed by atoms with E-state index in [1.165, 1.54) is 19.3 Å². The van der Waals surface area contributed by atoms with Crippen LogP contribution in [-0.4, -0.2) is 22.8 Å². The average molecular weight is 396 g/mol. The van der Waals surface area contributed by atoms with Gasteiger partial charge in [0.1, 0.15) is 11.9 Å². The fraction of sp³-hybridized carbons (Fsp3) is 0.720. The molecule has 1 aromatic heterocycles. The average Bonchev–Trinajstić information content (AvgIpc) is 3.03. The van der Waals surface area contributed by atoms with Crippen LogP contribution in [0.5, 0.6) is 0 Å². The van der Waals surface area contributed by atoms with Gasteiger partial charge in [0.15, 0.2) is 0 Å². The first-order valence-corrected chi connectivity index (χ1v) is 11.6. The van der Waals surface area contributed by atoms with Crippen LogP contribution in [0.15, 0.2) is 24.5 Å². The van der Waals surface area contributed by atoms with Gasteiger partial charge in [-0.2, -0.15) is 0 Å². The molecule has 4 aliphatic rings.